The van der Waals surface area contributed by atoms with Gasteiger partial charge in [-0.15, -0.1) is 0 Å². The molecule has 0 amide bonds. The Bertz CT molecular complexity index is 1070. The predicted octanol–water partition coefficient (Wildman–Crippen LogP) is 5.23. The van der Waals surface area contributed by atoms with Crippen LogP contribution >= 0.6 is 0 Å². The molecule has 7 heteroatoms. The fraction of sp³-hybridized carbons (Fsp3) is 0.100. The van der Waals surface area contributed by atoms with Crippen LogP contribution in [0.25, 0.3) is 33.7 Å². The molecule has 4 rings (SSSR count). The van der Waals surface area contributed by atoms with Crippen molar-refractivity contribution in [3.05, 3.63) is 66.9 Å². The van der Waals surface area contributed by atoms with Crippen LogP contribution in [0.2, 0.25) is 0 Å². The van der Waals surface area contributed by atoms with Crippen molar-refractivity contribution >= 4 is 11.2 Å². The topological polar surface area (TPSA) is 50.8 Å². The van der Waals surface area contributed by atoms with E-state index in [1.165, 1.54) is 12.1 Å². The molecule has 0 saturated heterocycles. The van der Waals surface area contributed by atoms with Crippen molar-refractivity contribution in [1.29, 1.82) is 0 Å². The first-order valence-electron chi connectivity index (χ1n) is 8.19. The standard InChI is InChI=1S/C20H14F3N3O/c21-20(22,23)12-27-16-8-4-7-14(9-16)18-25-17-10-15(11-24-19(17)26-18)13-5-2-1-3-6-13/h1-11H,12H2,(H,24,25,26). The molecule has 0 fully saturated rings. The second kappa shape index (κ2) is 6.75. The number of fused-ring (bicyclic) bond motifs is 1. The zero-order chi connectivity index (χ0) is 18.9. The Morgan fingerprint density at radius 1 is 0.889 bits per heavy atom. The quantitative estimate of drug-likeness (QED) is 0.536. The summed E-state index contributed by atoms with van der Waals surface area (Å²) in [5.74, 6) is 0.642. The summed E-state index contributed by atoms with van der Waals surface area (Å²) in [6, 6.07) is 18.1. The highest BCUT2D eigenvalue weighted by Gasteiger charge is 2.28. The van der Waals surface area contributed by atoms with Crippen molar-refractivity contribution in [2.24, 2.45) is 0 Å². The molecule has 0 bridgehead atoms. The molecule has 0 aliphatic heterocycles. The van der Waals surface area contributed by atoms with Gasteiger partial charge in [0.05, 0.1) is 0 Å². The summed E-state index contributed by atoms with van der Waals surface area (Å²) in [7, 11) is 0. The van der Waals surface area contributed by atoms with Gasteiger partial charge in [-0.2, -0.15) is 13.2 Å². The third-order valence-corrected chi connectivity index (χ3v) is 3.95. The normalized spacial score (nSPS) is 11.7. The minimum absolute atomic E-state index is 0.128. The lowest BCUT2D eigenvalue weighted by Gasteiger charge is -2.09. The SMILES string of the molecule is FC(F)(F)COc1cccc(-c2nc3cc(-c4ccccc4)cnc3[nH]2)c1. The lowest BCUT2D eigenvalue weighted by atomic mass is 10.1. The van der Waals surface area contributed by atoms with E-state index in [0.717, 1.165) is 11.1 Å². The van der Waals surface area contributed by atoms with Crippen molar-refractivity contribution < 1.29 is 17.9 Å². The summed E-state index contributed by atoms with van der Waals surface area (Å²) in [6.07, 6.45) is -2.63. The number of benzene rings is 2. The van der Waals surface area contributed by atoms with Gasteiger partial charge in [0.1, 0.15) is 17.1 Å². The summed E-state index contributed by atoms with van der Waals surface area (Å²) in [5.41, 5.74) is 3.86. The number of H-pyrrole nitrogens is 1. The van der Waals surface area contributed by atoms with Crippen molar-refractivity contribution in [3.8, 4) is 28.3 Å². The number of aromatic nitrogens is 3. The van der Waals surface area contributed by atoms with Crippen molar-refractivity contribution in [2.75, 3.05) is 6.61 Å². The van der Waals surface area contributed by atoms with Crippen molar-refractivity contribution in [1.82, 2.24) is 15.0 Å². The van der Waals surface area contributed by atoms with Gasteiger partial charge in [-0.1, -0.05) is 42.5 Å². The van der Waals surface area contributed by atoms with Crippen LogP contribution in [0.15, 0.2) is 66.9 Å². The summed E-state index contributed by atoms with van der Waals surface area (Å²) in [6.45, 7) is -1.33. The van der Waals surface area contributed by atoms with Gasteiger partial charge in [0.25, 0.3) is 0 Å². The number of ether oxygens (including phenoxy) is 1. The predicted molar refractivity (Wildman–Crippen MR) is 96.3 cm³/mol. The van der Waals surface area contributed by atoms with E-state index in [1.54, 1.807) is 18.3 Å². The average Bonchev–Trinajstić information content (AvgIpc) is 3.10. The van der Waals surface area contributed by atoms with Gasteiger partial charge in [-0.3, -0.25) is 0 Å². The Morgan fingerprint density at radius 2 is 1.67 bits per heavy atom. The van der Waals surface area contributed by atoms with Crippen LogP contribution in [0.4, 0.5) is 13.2 Å². The van der Waals surface area contributed by atoms with E-state index in [0.29, 0.717) is 22.6 Å². The molecule has 1 N–H and O–H groups in total. The maximum atomic E-state index is 12.3. The molecule has 0 saturated carbocycles. The van der Waals surface area contributed by atoms with Crippen LogP contribution in [-0.2, 0) is 0 Å². The monoisotopic (exact) mass is 369 g/mol. The van der Waals surface area contributed by atoms with E-state index < -0.39 is 12.8 Å². The van der Waals surface area contributed by atoms with Crippen LogP contribution in [0.3, 0.4) is 0 Å². The molecule has 2 aromatic carbocycles. The number of hydrogen-bond acceptors (Lipinski definition) is 3. The minimum atomic E-state index is -4.38. The third kappa shape index (κ3) is 3.92. The number of hydrogen-bond donors (Lipinski definition) is 1. The number of pyridine rings is 1. The van der Waals surface area contributed by atoms with Gasteiger partial charge < -0.3 is 9.72 Å². The second-order valence-electron chi connectivity index (χ2n) is 5.97. The van der Waals surface area contributed by atoms with Gasteiger partial charge >= 0.3 is 6.18 Å². The molecule has 4 aromatic rings. The molecule has 0 aliphatic rings. The second-order valence-corrected chi connectivity index (χ2v) is 5.97. The van der Waals surface area contributed by atoms with Crippen molar-refractivity contribution in [3.63, 3.8) is 0 Å². The van der Waals surface area contributed by atoms with Gasteiger partial charge in [0, 0.05) is 17.3 Å². The summed E-state index contributed by atoms with van der Waals surface area (Å²) >= 11 is 0. The molecule has 0 spiro atoms. The van der Waals surface area contributed by atoms with Crippen LogP contribution in [0.1, 0.15) is 0 Å². The molecule has 136 valence electrons. The third-order valence-electron chi connectivity index (χ3n) is 3.95. The number of aromatic amines is 1. The summed E-state index contributed by atoms with van der Waals surface area (Å²) < 4.78 is 41.8. The Labute approximate surface area is 152 Å². The number of nitrogens with one attached hydrogen (secondary N) is 1. The maximum Gasteiger partial charge on any atom is 0.422 e. The van der Waals surface area contributed by atoms with Crippen LogP contribution in [0, 0.1) is 0 Å². The zero-order valence-corrected chi connectivity index (χ0v) is 14.0. The molecule has 4 nitrogen and oxygen atoms in total. The Morgan fingerprint density at radius 3 is 2.44 bits per heavy atom. The fourth-order valence-corrected chi connectivity index (χ4v) is 2.72. The summed E-state index contributed by atoms with van der Waals surface area (Å²) in [5, 5.41) is 0. The lowest BCUT2D eigenvalue weighted by Crippen LogP contribution is -2.19. The maximum absolute atomic E-state index is 12.3. The van der Waals surface area contributed by atoms with E-state index in [1.807, 2.05) is 36.4 Å². The number of nitrogens with zero attached hydrogens (tertiary/aromatic N) is 2. The lowest BCUT2D eigenvalue weighted by molar-refractivity contribution is -0.153. The molecular formula is C20H14F3N3O. The van der Waals surface area contributed by atoms with E-state index in [2.05, 4.69) is 15.0 Å². The van der Waals surface area contributed by atoms with Crippen molar-refractivity contribution in [2.45, 2.75) is 6.18 Å². The van der Waals surface area contributed by atoms with E-state index in [-0.39, 0.29) is 5.75 Å². The first-order valence-corrected chi connectivity index (χ1v) is 8.19. The highest BCUT2D eigenvalue weighted by atomic mass is 19.4. The van der Waals surface area contributed by atoms with E-state index >= 15 is 0 Å². The van der Waals surface area contributed by atoms with Crippen LogP contribution in [-0.4, -0.2) is 27.7 Å². The van der Waals surface area contributed by atoms with E-state index in [4.69, 9.17) is 4.74 Å². The van der Waals surface area contributed by atoms with Gasteiger partial charge in [-0.25, -0.2) is 9.97 Å². The van der Waals surface area contributed by atoms with Crippen LogP contribution in [0.5, 0.6) is 5.75 Å². The number of imidazole rings is 1. The molecule has 0 unspecified atom stereocenters. The number of rotatable bonds is 4. The van der Waals surface area contributed by atoms with Gasteiger partial charge in [-0.05, 0) is 23.8 Å². The number of halogens is 3. The smallest absolute Gasteiger partial charge is 0.422 e. The van der Waals surface area contributed by atoms with Gasteiger partial charge in [0.2, 0.25) is 0 Å². The van der Waals surface area contributed by atoms with Gasteiger partial charge in [0.15, 0.2) is 12.3 Å². The van der Waals surface area contributed by atoms with E-state index in [9.17, 15) is 13.2 Å². The molecular weight excluding hydrogens is 355 g/mol. The Kier molecular flexibility index (Phi) is 4.27. The first kappa shape index (κ1) is 17.1. The van der Waals surface area contributed by atoms with Crippen LogP contribution < -0.4 is 4.74 Å². The molecule has 2 heterocycles. The molecule has 27 heavy (non-hydrogen) atoms. The highest BCUT2D eigenvalue weighted by Crippen LogP contribution is 2.27. The molecule has 0 aliphatic carbocycles. The Balaban J connectivity index is 1.64. The largest absolute Gasteiger partial charge is 0.484 e. The molecule has 0 atom stereocenters. The molecule has 0 radical (unpaired) electrons. The Hall–Kier alpha value is -3.35. The zero-order valence-electron chi connectivity index (χ0n) is 14.0. The molecule has 2 aromatic heterocycles. The first-order chi connectivity index (χ1) is 13.0. The fourth-order valence-electron chi connectivity index (χ4n) is 2.72. The number of alkyl halides is 3. The highest BCUT2D eigenvalue weighted by molar-refractivity contribution is 5.81. The summed E-state index contributed by atoms with van der Waals surface area (Å²) in [4.78, 5) is 12.0. The average molecular weight is 369 g/mol. The minimum Gasteiger partial charge on any atom is -0.484 e.